The third-order valence-electron chi connectivity index (χ3n) is 2.84. The standard InChI is InChI=1S/C12H14N4O2S/c1-3-9(13)12-15-14-11(19-12)8-4-5-10(16(17)18)7(2)6-8/h4-6,9H,3,13H2,1-2H3. The molecule has 1 aromatic carbocycles. The third kappa shape index (κ3) is 2.77. The van der Waals surface area contributed by atoms with Gasteiger partial charge in [0.15, 0.2) is 0 Å². The molecule has 2 aromatic rings. The Morgan fingerprint density at radius 3 is 2.79 bits per heavy atom. The molecule has 0 radical (unpaired) electrons. The molecule has 0 aliphatic rings. The Hall–Kier alpha value is -1.86. The Labute approximate surface area is 114 Å². The Kier molecular flexibility index (Phi) is 3.87. The number of nitrogens with zero attached hydrogens (tertiary/aromatic N) is 3. The van der Waals surface area contributed by atoms with Gasteiger partial charge in [0, 0.05) is 17.2 Å². The maximum absolute atomic E-state index is 10.8. The summed E-state index contributed by atoms with van der Waals surface area (Å²) in [7, 11) is 0. The highest BCUT2D eigenvalue weighted by Gasteiger charge is 2.15. The van der Waals surface area contributed by atoms with Crippen LogP contribution in [0.3, 0.4) is 0 Å². The second-order valence-corrected chi connectivity index (χ2v) is 5.23. The second kappa shape index (κ2) is 5.41. The van der Waals surface area contributed by atoms with Gasteiger partial charge in [0.1, 0.15) is 10.0 Å². The van der Waals surface area contributed by atoms with Gasteiger partial charge < -0.3 is 5.73 Å². The van der Waals surface area contributed by atoms with E-state index in [2.05, 4.69) is 10.2 Å². The summed E-state index contributed by atoms with van der Waals surface area (Å²) < 4.78 is 0. The Balaban J connectivity index is 2.35. The number of rotatable bonds is 4. The molecule has 19 heavy (non-hydrogen) atoms. The van der Waals surface area contributed by atoms with Gasteiger partial charge in [-0.1, -0.05) is 18.3 Å². The molecule has 6 nitrogen and oxygen atoms in total. The van der Waals surface area contributed by atoms with E-state index in [4.69, 9.17) is 5.73 Å². The van der Waals surface area contributed by atoms with Crippen molar-refractivity contribution in [3.63, 3.8) is 0 Å². The predicted octanol–water partition coefficient (Wildman–Crippen LogP) is 2.83. The molecule has 1 heterocycles. The van der Waals surface area contributed by atoms with E-state index >= 15 is 0 Å². The van der Waals surface area contributed by atoms with E-state index in [-0.39, 0.29) is 11.7 Å². The van der Waals surface area contributed by atoms with Gasteiger partial charge in [-0.05, 0) is 25.5 Å². The van der Waals surface area contributed by atoms with Crippen LogP contribution in [0.2, 0.25) is 0 Å². The zero-order chi connectivity index (χ0) is 14.0. The first-order valence-electron chi connectivity index (χ1n) is 5.87. The number of nitro benzene ring substituents is 1. The van der Waals surface area contributed by atoms with E-state index in [0.29, 0.717) is 5.56 Å². The summed E-state index contributed by atoms with van der Waals surface area (Å²) in [4.78, 5) is 10.4. The van der Waals surface area contributed by atoms with Crippen LogP contribution in [0.15, 0.2) is 18.2 Å². The first kappa shape index (κ1) is 13.6. The molecular weight excluding hydrogens is 264 g/mol. The lowest BCUT2D eigenvalue weighted by molar-refractivity contribution is -0.385. The van der Waals surface area contributed by atoms with Crippen molar-refractivity contribution in [2.75, 3.05) is 0 Å². The monoisotopic (exact) mass is 278 g/mol. The summed E-state index contributed by atoms with van der Waals surface area (Å²) in [5, 5.41) is 20.4. The van der Waals surface area contributed by atoms with E-state index in [1.807, 2.05) is 6.92 Å². The van der Waals surface area contributed by atoms with Crippen molar-refractivity contribution in [2.24, 2.45) is 5.73 Å². The molecule has 1 atom stereocenters. The van der Waals surface area contributed by atoms with Crippen LogP contribution in [0.25, 0.3) is 10.6 Å². The molecule has 0 fully saturated rings. The average Bonchev–Trinajstić information content (AvgIpc) is 2.86. The Bertz CT molecular complexity index is 612. The zero-order valence-electron chi connectivity index (χ0n) is 10.7. The topological polar surface area (TPSA) is 94.9 Å². The molecule has 0 amide bonds. The van der Waals surface area contributed by atoms with Crippen molar-refractivity contribution in [3.05, 3.63) is 38.9 Å². The lowest BCUT2D eigenvalue weighted by Crippen LogP contribution is -2.07. The van der Waals surface area contributed by atoms with Crippen LogP contribution in [0.4, 0.5) is 5.69 Å². The predicted molar refractivity (Wildman–Crippen MR) is 74.0 cm³/mol. The first-order chi connectivity index (χ1) is 9.02. The fourth-order valence-corrected chi connectivity index (χ4v) is 2.59. The van der Waals surface area contributed by atoms with Crippen LogP contribution in [-0.4, -0.2) is 15.1 Å². The summed E-state index contributed by atoms with van der Waals surface area (Å²) in [5.74, 6) is 0. The van der Waals surface area contributed by atoms with Crippen molar-refractivity contribution in [1.82, 2.24) is 10.2 Å². The van der Waals surface area contributed by atoms with Crippen LogP contribution < -0.4 is 5.73 Å². The number of hydrogen-bond donors (Lipinski definition) is 1. The Morgan fingerprint density at radius 1 is 1.47 bits per heavy atom. The molecule has 100 valence electrons. The average molecular weight is 278 g/mol. The molecule has 0 spiro atoms. The molecule has 0 aliphatic carbocycles. The second-order valence-electron chi connectivity index (χ2n) is 4.22. The molecular formula is C12H14N4O2S. The first-order valence-corrected chi connectivity index (χ1v) is 6.69. The molecule has 1 unspecified atom stereocenters. The van der Waals surface area contributed by atoms with E-state index in [1.165, 1.54) is 17.4 Å². The number of aryl methyl sites for hydroxylation is 1. The summed E-state index contributed by atoms with van der Waals surface area (Å²) in [6, 6.07) is 4.82. The van der Waals surface area contributed by atoms with Gasteiger partial charge in [0.05, 0.1) is 11.0 Å². The summed E-state index contributed by atoms with van der Waals surface area (Å²) in [5.41, 5.74) is 7.45. The normalized spacial score (nSPS) is 12.4. The van der Waals surface area contributed by atoms with Crippen molar-refractivity contribution >= 4 is 17.0 Å². The van der Waals surface area contributed by atoms with E-state index in [0.717, 1.165) is 22.0 Å². The van der Waals surface area contributed by atoms with Gasteiger partial charge in [-0.15, -0.1) is 10.2 Å². The number of hydrogen-bond acceptors (Lipinski definition) is 6. The fraction of sp³-hybridized carbons (Fsp3) is 0.333. The van der Waals surface area contributed by atoms with Crippen molar-refractivity contribution < 1.29 is 4.92 Å². The van der Waals surface area contributed by atoms with Crippen LogP contribution in [0.5, 0.6) is 0 Å². The number of aromatic nitrogens is 2. The van der Waals surface area contributed by atoms with E-state index in [1.54, 1.807) is 19.1 Å². The molecule has 2 rings (SSSR count). The minimum Gasteiger partial charge on any atom is -0.322 e. The molecule has 0 saturated carbocycles. The van der Waals surface area contributed by atoms with E-state index < -0.39 is 4.92 Å². The molecule has 0 saturated heterocycles. The molecule has 2 N–H and O–H groups in total. The highest BCUT2D eigenvalue weighted by atomic mass is 32.1. The highest BCUT2D eigenvalue weighted by Crippen LogP contribution is 2.30. The van der Waals surface area contributed by atoms with Crippen LogP contribution >= 0.6 is 11.3 Å². The molecule has 0 bridgehead atoms. The Morgan fingerprint density at radius 2 is 2.21 bits per heavy atom. The van der Waals surface area contributed by atoms with Gasteiger partial charge in [-0.3, -0.25) is 10.1 Å². The lowest BCUT2D eigenvalue weighted by atomic mass is 10.1. The molecule has 7 heteroatoms. The number of nitrogens with two attached hydrogens (primary N) is 1. The van der Waals surface area contributed by atoms with Crippen LogP contribution in [0, 0.1) is 17.0 Å². The summed E-state index contributed by atoms with van der Waals surface area (Å²) >= 11 is 1.42. The summed E-state index contributed by atoms with van der Waals surface area (Å²) in [6.07, 6.45) is 0.800. The lowest BCUT2D eigenvalue weighted by Gasteiger charge is -2.01. The van der Waals surface area contributed by atoms with E-state index in [9.17, 15) is 10.1 Å². The van der Waals surface area contributed by atoms with Gasteiger partial charge >= 0.3 is 0 Å². The van der Waals surface area contributed by atoms with Crippen molar-refractivity contribution in [3.8, 4) is 10.6 Å². The number of nitro groups is 1. The molecule has 0 aliphatic heterocycles. The largest absolute Gasteiger partial charge is 0.322 e. The van der Waals surface area contributed by atoms with Gasteiger partial charge in [0.2, 0.25) is 0 Å². The molecule has 1 aromatic heterocycles. The zero-order valence-corrected chi connectivity index (χ0v) is 11.5. The van der Waals surface area contributed by atoms with Crippen molar-refractivity contribution in [2.45, 2.75) is 26.3 Å². The SMILES string of the molecule is CCC(N)c1nnc(-c2ccc([N+](=O)[O-])c(C)c2)s1. The maximum Gasteiger partial charge on any atom is 0.272 e. The third-order valence-corrected chi connectivity index (χ3v) is 3.94. The maximum atomic E-state index is 10.8. The van der Waals surface area contributed by atoms with Gasteiger partial charge in [0.25, 0.3) is 5.69 Å². The van der Waals surface area contributed by atoms with Crippen LogP contribution in [0.1, 0.15) is 30.0 Å². The van der Waals surface area contributed by atoms with Crippen LogP contribution in [-0.2, 0) is 0 Å². The minimum atomic E-state index is -0.391. The fourth-order valence-electron chi connectivity index (χ4n) is 1.67. The summed E-state index contributed by atoms with van der Waals surface area (Å²) in [6.45, 7) is 3.70. The smallest absolute Gasteiger partial charge is 0.272 e. The highest BCUT2D eigenvalue weighted by molar-refractivity contribution is 7.14. The van der Waals surface area contributed by atoms with Gasteiger partial charge in [-0.25, -0.2) is 0 Å². The van der Waals surface area contributed by atoms with Crippen molar-refractivity contribution in [1.29, 1.82) is 0 Å². The quantitative estimate of drug-likeness (QED) is 0.685. The minimum absolute atomic E-state index is 0.106. The number of benzene rings is 1. The van der Waals surface area contributed by atoms with Gasteiger partial charge in [-0.2, -0.15) is 0 Å².